The first-order valence-corrected chi connectivity index (χ1v) is 23.4. The summed E-state index contributed by atoms with van der Waals surface area (Å²) in [6.45, 7) is 8.02. The quantitative estimate of drug-likeness (QED) is 0.0238. The number of carbonyl (C=O) groups excluding carboxylic acids is 2. The first kappa shape index (κ1) is 61.4. The first-order valence-electron chi connectivity index (χ1n) is 21.1. The molecule has 2 aromatic rings. The molecule has 1 N–H and O–H groups in total. The lowest BCUT2D eigenvalue weighted by atomic mass is 9.88. The van der Waals surface area contributed by atoms with Crippen molar-refractivity contribution in [1.29, 1.82) is 0 Å². The van der Waals surface area contributed by atoms with E-state index in [-0.39, 0.29) is 18.3 Å². The van der Waals surface area contributed by atoms with Gasteiger partial charge in [0.15, 0.2) is 8.32 Å². The van der Waals surface area contributed by atoms with Crippen LogP contribution in [0.5, 0.6) is 11.5 Å². The van der Waals surface area contributed by atoms with Crippen LogP contribution in [0, 0.1) is 5.92 Å². The molecule has 0 bridgehead atoms. The Bertz CT molecular complexity index is 2040. The van der Waals surface area contributed by atoms with Crippen LogP contribution >= 0.6 is 0 Å². The third-order valence-corrected chi connectivity index (χ3v) is 16.8. The highest BCUT2D eigenvalue weighted by molar-refractivity contribution is 6.76. The van der Waals surface area contributed by atoms with Crippen LogP contribution in [0.15, 0.2) is 72.8 Å². The molecule has 2 atom stereocenters. The number of amides is 1. The average Bonchev–Trinajstić information content (AvgIpc) is 3.26. The summed E-state index contributed by atoms with van der Waals surface area (Å²) in [5.74, 6) is -57.0. The van der Waals surface area contributed by atoms with Gasteiger partial charge in [0.05, 0.1) is 20.3 Å². The molecule has 398 valence electrons. The second-order valence-corrected chi connectivity index (χ2v) is 21.5. The molecular weight excluding hydrogens is 1010 g/mol. The van der Waals surface area contributed by atoms with Crippen molar-refractivity contribution in [3.05, 3.63) is 78.4 Å². The van der Waals surface area contributed by atoms with Crippen molar-refractivity contribution in [3.63, 3.8) is 0 Å². The van der Waals surface area contributed by atoms with Gasteiger partial charge in [0, 0.05) is 18.2 Å². The number of halogens is 17. The van der Waals surface area contributed by atoms with Crippen LogP contribution in [-0.2, 0) is 18.7 Å². The van der Waals surface area contributed by atoms with Crippen LogP contribution in [0.25, 0.3) is 0 Å². The molecule has 1 amide bonds. The molecule has 70 heavy (non-hydrogen) atoms. The maximum atomic E-state index is 15.1. The van der Waals surface area contributed by atoms with Gasteiger partial charge in [0.1, 0.15) is 24.2 Å². The number of carbonyl (C=O) groups is 2. The van der Waals surface area contributed by atoms with E-state index in [0.29, 0.717) is 29.8 Å². The summed E-state index contributed by atoms with van der Waals surface area (Å²) in [5.41, 5.74) is -0.906. The van der Waals surface area contributed by atoms with Gasteiger partial charge in [-0.15, -0.1) is 0 Å². The van der Waals surface area contributed by atoms with E-state index in [2.05, 4.69) is 5.32 Å². The van der Waals surface area contributed by atoms with Crippen molar-refractivity contribution in [2.24, 2.45) is 5.92 Å². The average molecular weight is 1060 g/mol. The van der Waals surface area contributed by atoms with Crippen LogP contribution in [0.1, 0.15) is 72.5 Å². The summed E-state index contributed by atoms with van der Waals surface area (Å²) < 4.78 is 264. The van der Waals surface area contributed by atoms with Crippen LogP contribution in [-0.4, -0.2) is 94.9 Å². The number of alkyl halides is 17. The van der Waals surface area contributed by atoms with Crippen molar-refractivity contribution in [2.75, 3.05) is 32.2 Å². The Morgan fingerprint density at radius 1 is 0.657 bits per heavy atom. The van der Waals surface area contributed by atoms with Gasteiger partial charge in [-0.25, -0.2) is 9.59 Å². The molecule has 2 rings (SSSR count). The van der Waals surface area contributed by atoms with E-state index in [0.717, 1.165) is 0 Å². The number of rotatable bonds is 27. The van der Waals surface area contributed by atoms with E-state index in [9.17, 15) is 75.4 Å². The highest BCUT2D eigenvalue weighted by Gasteiger charge is 2.95. The van der Waals surface area contributed by atoms with Crippen molar-refractivity contribution in [2.45, 2.75) is 132 Å². The number of anilines is 1. The zero-order valence-electron chi connectivity index (χ0n) is 38.5. The number of esters is 1. The zero-order chi connectivity index (χ0) is 54.0. The van der Waals surface area contributed by atoms with E-state index in [1.165, 1.54) is 71.2 Å². The molecule has 0 fully saturated rings. The minimum atomic E-state index is -8.70. The van der Waals surface area contributed by atoms with Gasteiger partial charge in [-0.2, -0.15) is 74.6 Å². The first-order chi connectivity index (χ1) is 32.0. The van der Waals surface area contributed by atoms with E-state index < -0.39 is 111 Å². The summed E-state index contributed by atoms with van der Waals surface area (Å²) in [6.07, 6.45) is -5.00. The topological polar surface area (TPSA) is 92.3 Å². The molecule has 0 heterocycles. The Hall–Kier alpha value is -4.75. The lowest BCUT2D eigenvalue weighted by Crippen LogP contribution is -2.74. The van der Waals surface area contributed by atoms with E-state index >= 15 is 8.78 Å². The van der Waals surface area contributed by atoms with Crippen LogP contribution < -0.4 is 14.8 Å². The van der Waals surface area contributed by atoms with E-state index in [1.807, 2.05) is 0 Å². The fraction of sp³-hybridized carbons (Fsp3) is 0.591. The lowest BCUT2D eigenvalue weighted by molar-refractivity contribution is -0.461. The second-order valence-electron chi connectivity index (χ2n) is 16.5. The van der Waals surface area contributed by atoms with Gasteiger partial charge in [0.2, 0.25) is 0 Å². The Morgan fingerprint density at radius 3 is 1.64 bits per heavy atom. The molecule has 0 unspecified atom stereocenters. The molecule has 0 aromatic heterocycles. The molecule has 8 nitrogen and oxygen atoms in total. The summed E-state index contributed by atoms with van der Waals surface area (Å²) in [5, 5.41) is 2.62. The summed E-state index contributed by atoms with van der Waals surface area (Å²) >= 11 is 0. The Morgan fingerprint density at radius 2 is 1.16 bits per heavy atom. The largest absolute Gasteiger partial charge is 0.497 e. The Kier molecular flexibility index (Phi) is 20.7. The fourth-order valence-electron chi connectivity index (χ4n) is 6.96. The minimum absolute atomic E-state index is 0.142. The summed E-state index contributed by atoms with van der Waals surface area (Å²) in [4.78, 5) is 24.6. The van der Waals surface area contributed by atoms with Gasteiger partial charge < -0.3 is 23.4 Å². The predicted molar refractivity (Wildman–Crippen MR) is 223 cm³/mol. The smallest absolute Gasteiger partial charge is 0.460 e. The minimum Gasteiger partial charge on any atom is -0.497 e. The van der Waals surface area contributed by atoms with Crippen LogP contribution in [0.2, 0.25) is 17.1 Å². The van der Waals surface area contributed by atoms with Gasteiger partial charge in [-0.1, -0.05) is 65.0 Å². The number of hydrogen-bond donors (Lipinski definition) is 1. The van der Waals surface area contributed by atoms with Gasteiger partial charge in [-0.3, -0.25) is 5.32 Å². The van der Waals surface area contributed by atoms with E-state index in [4.69, 9.17) is 23.4 Å². The standard InChI is InChI=1S/C44H52F17NO7Si/c1-8-66-34(63)14-12-10-9-11-13-29(6)35(69-36(64)62-31-17-21-32(65-7)22-18-31)30-15-19-33(20-16-30)67-24-25-68-70(27(2)3,28(4)5)26-23-37(45,46)38(47,48)39(49,50)40(51,52)41(53,54)42(55,56)43(57,58)44(59,60)61/h9-10,12,14-22,27-29,35H,8,11,13,23-26H2,1-7H3,(H,62,64)/b10-9+,14-12+/t29-,35+/m0/s1. The summed E-state index contributed by atoms with van der Waals surface area (Å²) in [6, 6.07) is 11.0. The zero-order valence-corrected chi connectivity index (χ0v) is 39.5. The van der Waals surface area contributed by atoms with Crippen molar-refractivity contribution in [3.8, 4) is 11.5 Å². The number of allylic oxidation sites excluding steroid dienone is 3. The Labute approximate surface area is 393 Å². The molecular formula is C44H52F17NO7Si. The maximum Gasteiger partial charge on any atom is 0.460 e. The molecule has 0 aliphatic rings. The van der Waals surface area contributed by atoms with Gasteiger partial charge >= 0.3 is 59.7 Å². The molecule has 0 radical (unpaired) electrons. The monoisotopic (exact) mass is 1060 g/mol. The molecule has 0 spiro atoms. The number of hydrogen-bond acceptors (Lipinski definition) is 7. The van der Waals surface area contributed by atoms with Crippen LogP contribution in [0.4, 0.5) is 85.1 Å². The van der Waals surface area contributed by atoms with E-state index in [1.54, 1.807) is 50.3 Å². The van der Waals surface area contributed by atoms with Gasteiger partial charge in [-0.05, 0) is 84.8 Å². The Balaban J connectivity index is 2.29. The highest BCUT2D eigenvalue weighted by Crippen LogP contribution is 2.64. The van der Waals surface area contributed by atoms with Crippen molar-refractivity contribution in [1.82, 2.24) is 0 Å². The molecule has 0 saturated carbocycles. The van der Waals surface area contributed by atoms with Crippen molar-refractivity contribution < 1.29 is 108 Å². The lowest BCUT2D eigenvalue weighted by Gasteiger charge is -2.44. The number of ether oxygens (including phenoxy) is 4. The molecule has 0 aliphatic heterocycles. The normalized spacial score (nSPS) is 14.9. The molecule has 0 aliphatic carbocycles. The number of methoxy groups -OCH3 is 1. The second kappa shape index (κ2) is 23.6. The number of nitrogens with one attached hydrogen (secondary N) is 1. The third kappa shape index (κ3) is 13.4. The molecule has 2 aromatic carbocycles. The predicted octanol–water partition coefficient (Wildman–Crippen LogP) is 14.6. The highest BCUT2D eigenvalue weighted by atomic mass is 28.4. The third-order valence-electron chi connectivity index (χ3n) is 11.1. The fourth-order valence-corrected chi connectivity index (χ4v) is 11.4. The number of benzene rings is 2. The summed E-state index contributed by atoms with van der Waals surface area (Å²) in [7, 11) is -2.56. The molecule has 26 heteroatoms. The maximum absolute atomic E-state index is 15.1. The van der Waals surface area contributed by atoms with Crippen LogP contribution in [0.3, 0.4) is 0 Å². The van der Waals surface area contributed by atoms with Gasteiger partial charge in [0.25, 0.3) is 0 Å². The van der Waals surface area contributed by atoms with Crippen molar-refractivity contribution >= 4 is 26.1 Å². The molecule has 0 saturated heterocycles. The SMILES string of the molecule is CCOC(=O)/C=C/C=C/CC[C@H](C)[C@@H](OC(=O)Nc1ccc(OC)cc1)c1ccc(OCCO[Si](CCC(F)(F)C(F)(F)C(F)(F)C(F)(F)C(F)(F)C(F)(F)C(F)(F)C(F)(F)F)(C(C)C)C(C)C)cc1.